The summed E-state index contributed by atoms with van der Waals surface area (Å²) in [6.07, 6.45) is 0. The van der Waals surface area contributed by atoms with E-state index in [1.807, 2.05) is 0 Å². The van der Waals surface area contributed by atoms with Gasteiger partial charge in [-0.25, -0.2) is 9.97 Å². The first-order valence-corrected chi connectivity index (χ1v) is 19.1. The minimum Gasteiger partial charge on any atom is -0.228 e. The van der Waals surface area contributed by atoms with E-state index in [0.29, 0.717) is 5.82 Å². The quantitative estimate of drug-likeness (QED) is 0.154. The lowest BCUT2D eigenvalue weighted by molar-refractivity contribution is 1.23. The summed E-state index contributed by atoms with van der Waals surface area (Å²) in [5.74, 6) is 0.696. The maximum Gasteiger partial charge on any atom is 0.160 e. The first-order valence-electron chi connectivity index (χ1n) is 19.1. The molecule has 1 aromatic heterocycles. The first kappa shape index (κ1) is 33.2. The summed E-state index contributed by atoms with van der Waals surface area (Å²) in [6.45, 7) is 0. The molecular formula is C54H36N2. The van der Waals surface area contributed by atoms with Gasteiger partial charge < -0.3 is 0 Å². The Morgan fingerprint density at radius 2 is 0.643 bits per heavy atom. The zero-order valence-corrected chi connectivity index (χ0v) is 30.7. The molecule has 0 fully saturated rings. The maximum absolute atomic E-state index is 5.46. The smallest absolute Gasteiger partial charge is 0.160 e. The molecule has 1 heterocycles. The Bertz CT molecular complexity index is 2970. The molecule has 0 aliphatic heterocycles. The van der Waals surface area contributed by atoms with Gasteiger partial charge in [0.25, 0.3) is 0 Å². The predicted molar refractivity (Wildman–Crippen MR) is 235 cm³/mol. The molecule has 0 radical (unpaired) electrons. The maximum atomic E-state index is 5.46. The third-order valence-electron chi connectivity index (χ3n) is 10.7. The predicted octanol–water partition coefficient (Wildman–Crippen LogP) is 14.5. The Hall–Kier alpha value is -7.42. The van der Waals surface area contributed by atoms with Crippen LogP contribution in [0, 0.1) is 0 Å². The van der Waals surface area contributed by atoms with Crippen LogP contribution in [0.3, 0.4) is 0 Å². The molecule has 0 aliphatic carbocycles. The van der Waals surface area contributed by atoms with Gasteiger partial charge in [-0.3, -0.25) is 0 Å². The van der Waals surface area contributed by atoms with Gasteiger partial charge in [0.2, 0.25) is 0 Å². The van der Waals surface area contributed by atoms with Crippen LogP contribution in [0.5, 0.6) is 0 Å². The summed E-state index contributed by atoms with van der Waals surface area (Å²) in [5, 5.41) is 3.36. The summed E-state index contributed by atoms with van der Waals surface area (Å²) in [7, 11) is 0. The van der Waals surface area contributed by atoms with E-state index in [0.717, 1.165) is 66.5 Å². The normalized spacial score (nSPS) is 11.2. The standard InChI is InChI=1S/C54H36N2/c1-4-14-37(15-5-1)39-26-30-41(31-27-39)44-20-12-22-46(34-44)53-52-49-25-11-10-24-48(49)50(43-18-8-3-9-19-43)36-51(52)55-54(56-53)47-23-13-21-45(35-47)42-32-28-40(29-33-42)38-16-6-2-7-17-38/h1-36H. The van der Waals surface area contributed by atoms with Crippen molar-refractivity contribution >= 4 is 21.7 Å². The van der Waals surface area contributed by atoms with E-state index >= 15 is 0 Å². The molecule has 0 atom stereocenters. The number of benzene rings is 9. The molecule has 0 spiro atoms. The van der Waals surface area contributed by atoms with Gasteiger partial charge in [-0.2, -0.15) is 0 Å². The molecule has 56 heavy (non-hydrogen) atoms. The third kappa shape index (κ3) is 6.34. The van der Waals surface area contributed by atoms with E-state index in [9.17, 15) is 0 Å². The van der Waals surface area contributed by atoms with Crippen molar-refractivity contribution in [2.24, 2.45) is 0 Å². The summed E-state index contributed by atoms with van der Waals surface area (Å²) in [6, 6.07) is 77.6. The number of nitrogens with zero attached hydrogens (tertiary/aromatic N) is 2. The van der Waals surface area contributed by atoms with E-state index in [2.05, 4.69) is 218 Å². The van der Waals surface area contributed by atoms with Crippen LogP contribution >= 0.6 is 0 Å². The van der Waals surface area contributed by atoms with Gasteiger partial charge in [0.15, 0.2) is 5.82 Å². The Labute approximate surface area is 327 Å². The second-order valence-electron chi connectivity index (χ2n) is 14.2. The van der Waals surface area contributed by atoms with Crippen molar-refractivity contribution < 1.29 is 0 Å². The number of hydrogen-bond donors (Lipinski definition) is 0. The fourth-order valence-corrected chi connectivity index (χ4v) is 7.85. The first-order chi connectivity index (χ1) is 27.7. The molecule has 0 saturated carbocycles. The number of fused-ring (bicyclic) bond motifs is 3. The van der Waals surface area contributed by atoms with Crippen LogP contribution in [0.15, 0.2) is 218 Å². The van der Waals surface area contributed by atoms with Gasteiger partial charge >= 0.3 is 0 Å². The van der Waals surface area contributed by atoms with E-state index in [4.69, 9.17) is 9.97 Å². The highest BCUT2D eigenvalue weighted by atomic mass is 14.9. The molecule has 2 heteroatoms. The average molecular weight is 713 g/mol. The number of hydrogen-bond acceptors (Lipinski definition) is 2. The van der Waals surface area contributed by atoms with Crippen LogP contribution in [0.2, 0.25) is 0 Å². The van der Waals surface area contributed by atoms with E-state index in [-0.39, 0.29) is 0 Å². The highest BCUT2D eigenvalue weighted by molar-refractivity contribution is 6.17. The van der Waals surface area contributed by atoms with Crippen LogP contribution in [0.4, 0.5) is 0 Å². The number of aromatic nitrogens is 2. The summed E-state index contributed by atoms with van der Waals surface area (Å²) >= 11 is 0. The van der Waals surface area contributed by atoms with Crippen LogP contribution in [-0.2, 0) is 0 Å². The van der Waals surface area contributed by atoms with Gasteiger partial charge in [-0.15, -0.1) is 0 Å². The van der Waals surface area contributed by atoms with Crippen molar-refractivity contribution in [3.8, 4) is 78.3 Å². The summed E-state index contributed by atoms with van der Waals surface area (Å²) < 4.78 is 0. The Balaban J connectivity index is 1.13. The lowest BCUT2D eigenvalue weighted by atomic mass is 9.92. The topological polar surface area (TPSA) is 25.8 Å². The third-order valence-corrected chi connectivity index (χ3v) is 10.7. The van der Waals surface area contributed by atoms with Crippen LogP contribution in [0.25, 0.3) is 100.0 Å². The minimum absolute atomic E-state index is 0.696. The Morgan fingerprint density at radius 3 is 1.20 bits per heavy atom. The lowest BCUT2D eigenvalue weighted by Gasteiger charge is -2.16. The second kappa shape index (κ2) is 14.4. The molecular weight excluding hydrogens is 677 g/mol. The molecule has 0 aliphatic rings. The zero-order chi connectivity index (χ0) is 37.3. The van der Waals surface area contributed by atoms with Gasteiger partial charge in [0, 0.05) is 16.5 Å². The van der Waals surface area contributed by atoms with E-state index in [1.165, 1.54) is 27.6 Å². The Kier molecular flexibility index (Phi) is 8.55. The van der Waals surface area contributed by atoms with E-state index in [1.54, 1.807) is 0 Å². The number of rotatable bonds is 7. The fraction of sp³-hybridized carbons (Fsp3) is 0. The van der Waals surface area contributed by atoms with Crippen molar-refractivity contribution in [3.05, 3.63) is 218 Å². The van der Waals surface area contributed by atoms with Gasteiger partial charge in [0.05, 0.1) is 11.2 Å². The molecule has 0 unspecified atom stereocenters. The molecule has 0 saturated heterocycles. The highest BCUT2D eigenvalue weighted by Crippen LogP contribution is 2.40. The molecule has 10 rings (SSSR count). The van der Waals surface area contributed by atoms with Crippen molar-refractivity contribution in [1.82, 2.24) is 9.97 Å². The Morgan fingerprint density at radius 1 is 0.250 bits per heavy atom. The SMILES string of the molecule is c1ccc(-c2ccc(-c3cccc(-c4nc(-c5cccc(-c6ccc(-c7ccccc7)cc6)c5)c5c(cc(-c6ccccc6)c6ccccc65)n4)c3)cc2)cc1. The zero-order valence-electron chi connectivity index (χ0n) is 30.7. The van der Waals surface area contributed by atoms with Gasteiger partial charge in [-0.05, 0) is 84.6 Å². The molecule has 0 N–H and O–H groups in total. The average Bonchev–Trinajstić information content (AvgIpc) is 3.29. The van der Waals surface area contributed by atoms with Crippen molar-refractivity contribution in [1.29, 1.82) is 0 Å². The summed E-state index contributed by atoms with van der Waals surface area (Å²) in [4.78, 5) is 10.8. The highest BCUT2D eigenvalue weighted by Gasteiger charge is 2.18. The monoisotopic (exact) mass is 712 g/mol. The molecule has 9 aromatic carbocycles. The minimum atomic E-state index is 0.696. The molecule has 0 amide bonds. The molecule has 0 bridgehead atoms. The van der Waals surface area contributed by atoms with Gasteiger partial charge in [0.1, 0.15) is 0 Å². The second-order valence-corrected chi connectivity index (χ2v) is 14.2. The van der Waals surface area contributed by atoms with Crippen molar-refractivity contribution in [3.63, 3.8) is 0 Å². The van der Waals surface area contributed by atoms with Crippen LogP contribution < -0.4 is 0 Å². The summed E-state index contributed by atoms with van der Waals surface area (Å²) in [5.41, 5.74) is 15.6. The molecule has 10 aromatic rings. The van der Waals surface area contributed by atoms with Crippen molar-refractivity contribution in [2.75, 3.05) is 0 Å². The largest absolute Gasteiger partial charge is 0.228 e. The van der Waals surface area contributed by atoms with Crippen LogP contribution in [0.1, 0.15) is 0 Å². The molecule has 262 valence electrons. The fourth-order valence-electron chi connectivity index (χ4n) is 7.85. The molecule has 2 nitrogen and oxygen atoms in total. The van der Waals surface area contributed by atoms with E-state index < -0.39 is 0 Å². The van der Waals surface area contributed by atoms with Gasteiger partial charge in [-0.1, -0.05) is 200 Å². The van der Waals surface area contributed by atoms with Crippen LogP contribution in [-0.4, -0.2) is 9.97 Å². The van der Waals surface area contributed by atoms with Crippen molar-refractivity contribution in [2.45, 2.75) is 0 Å². The lowest BCUT2D eigenvalue weighted by Crippen LogP contribution is -1.97.